The van der Waals surface area contributed by atoms with Gasteiger partial charge in [-0.15, -0.1) is 0 Å². The minimum absolute atomic E-state index is 0. The van der Waals surface area contributed by atoms with Gasteiger partial charge < -0.3 is 0 Å². The zero-order valence-electron chi connectivity index (χ0n) is 5.60. The molecule has 0 aromatic rings. The molecule has 0 bridgehead atoms. The first-order chi connectivity index (χ1) is 3.89. The Balaban J connectivity index is 0.000000640. The van der Waals surface area contributed by atoms with Crippen LogP contribution in [0.1, 0.15) is 38.5 Å². The van der Waals surface area contributed by atoms with Crippen LogP contribution in [-0.2, 0) is 23.4 Å². The van der Waals surface area contributed by atoms with Gasteiger partial charge in [0.2, 0.25) is 0 Å². The Kier molecular flexibility index (Phi) is 5.22. The third-order valence-corrected chi connectivity index (χ3v) is 1.66. The van der Waals surface area contributed by atoms with Crippen LogP contribution in [-0.4, -0.2) is 5.78 Å². The van der Waals surface area contributed by atoms with E-state index >= 15 is 0 Å². The average Bonchev–Trinajstić information content (AvgIpc) is 1.94. The van der Waals surface area contributed by atoms with Crippen LogP contribution in [0.25, 0.3) is 0 Å². The fourth-order valence-electron chi connectivity index (χ4n) is 1.12. The van der Waals surface area contributed by atoms with Gasteiger partial charge in [-0.05, 0) is 12.8 Å². The molecule has 1 rings (SSSR count). The Morgan fingerprint density at radius 1 is 0.889 bits per heavy atom. The third-order valence-electron chi connectivity index (χ3n) is 1.66. The van der Waals surface area contributed by atoms with Crippen molar-refractivity contribution in [2.75, 3.05) is 0 Å². The van der Waals surface area contributed by atoms with Gasteiger partial charge in [0.05, 0.1) is 0 Å². The largest absolute Gasteiger partial charge is 0.300 e. The van der Waals surface area contributed by atoms with Crippen molar-refractivity contribution >= 4 is 5.78 Å². The van der Waals surface area contributed by atoms with Gasteiger partial charge >= 0.3 is 0 Å². The summed E-state index contributed by atoms with van der Waals surface area (Å²) in [4.78, 5) is 10.7. The van der Waals surface area contributed by atoms with Crippen molar-refractivity contribution in [2.45, 2.75) is 38.5 Å². The molecule has 1 aliphatic carbocycles. The minimum atomic E-state index is 0. The second-order valence-electron chi connectivity index (χ2n) is 2.45. The zero-order valence-corrected chi connectivity index (χ0v) is 6.99. The van der Waals surface area contributed by atoms with E-state index in [2.05, 4.69) is 0 Å². The van der Waals surface area contributed by atoms with Crippen LogP contribution in [0.2, 0.25) is 0 Å². The topological polar surface area (TPSA) is 17.1 Å². The summed E-state index contributed by atoms with van der Waals surface area (Å²) < 4.78 is 0. The molecule has 51 valence electrons. The third kappa shape index (κ3) is 3.77. The molecule has 1 fully saturated rings. The smallest absolute Gasteiger partial charge is 0.132 e. The van der Waals surface area contributed by atoms with Crippen molar-refractivity contribution in [3.8, 4) is 0 Å². The zero-order chi connectivity index (χ0) is 5.82. The first-order valence-electron chi connectivity index (χ1n) is 3.41. The van der Waals surface area contributed by atoms with Crippen molar-refractivity contribution < 1.29 is 23.4 Å². The molecule has 0 N–H and O–H groups in total. The summed E-state index contributed by atoms with van der Waals surface area (Å²) in [6, 6.07) is 0. The van der Waals surface area contributed by atoms with Gasteiger partial charge in [0.15, 0.2) is 0 Å². The number of Topliss-reactive ketones (excluding diaryl/α,β-unsaturated/α-hetero) is 1. The summed E-state index contributed by atoms with van der Waals surface area (Å²) in [6.07, 6.45) is 6.51. The Hall–Kier alpha value is 0.254. The predicted octanol–water partition coefficient (Wildman–Crippen LogP) is 1.91. The molecule has 2 heteroatoms. The van der Waals surface area contributed by atoms with Gasteiger partial charge in [-0.2, -0.15) is 0 Å². The summed E-state index contributed by atoms with van der Waals surface area (Å²) >= 11 is 0. The summed E-state index contributed by atoms with van der Waals surface area (Å²) in [5.74, 6) is 0.475. The number of carbonyl (C=O) groups excluding carboxylic acids is 1. The quantitative estimate of drug-likeness (QED) is 0.498. The van der Waals surface area contributed by atoms with Crippen molar-refractivity contribution in [3.05, 3.63) is 0 Å². The van der Waals surface area contributed by atoms with E-state index in [1.54, 1.807) is 0 Å². The predicted molar refractivity (Wildman–Crippen MR) is 32.7 cm³/mol. The van der Waals surface area contributed by atoms with E-state index in [1.807, 2.05) is 0 Å². The Morgan fingerprint density at radius 2 is 1.33 bits per heavy atom. The Bertz CT molecular complexity index is 80.9. The molecule has 0 atom stereocenters. The molecule has 1 aliphatic rings. The van der Waals surface area contributed by atoms with Crippen LogP contribution in [0.4, 0.5) is 0 Å². The van der Waals surface area contributed by atoms with Gasteiger partial charge in [0, 0.05) is 31.4 Å². The Labute approximate surface area is 68.1 Å². The van der Waals surface area contributed by atoms with E-state index in [-0.39, 0.29) is 18.6 Å². The summed E-state index contributed by atoms with van der Waals surface area (Å²) in [7, 11) is 0. The van der Waals surface area contributed by atoms with E-state index in [0.29, 0.717) is 5.78 Å². The fourth-order valence-corrected chi connectivity index (χ4v) is 1.12. The van der Waals surface area contributed by atoms with E-state index in [1.165, 1.54) is 12.8 Å². The second-order valence-corrected chi connectivity index (χ2v) is 2.45. The maximum Gasteiger partial charge on any atom is 0.132 e. The molecule has 9 heavy (non-hydrogen) atoms. The van der Waals surface area contributed by atoms with Gasteiger partial charge in [-0.25, -0.2) is 0 Å². The molecule has 0 aromatic heterocycles. The van der Waals surface area contributed by atoms with Crippen molar-refractivity contribution in [1.29, 1.82) is 0 Å². The SMILES string of the molecule is O=C1CCCCCC1.[V]. The second kappa shape index (κ2) is 5.07. The van der Waals surface area contributed by atoms with E-state index in [0.717, 1.165) is 25.7 Å². The summed E-state index contributed by atoms with van der Waals surface area (Å²) in [5.41, 5.74) is 0. The number of hydrogen-bond acceptors (Lipinski definition) is 1. The van der Waals surface area contributed by atoms with E-state index < -0.39 is 0 Å². The molecule has 1 saturated carbocycles. The number of rotatable bonds is 0. The van der Waals surface area contributed by atoms with Crippen molar-refractivity contribution in [2.24, 2.45) is 0 Å². The van der Waals surface area contributed by atoms with Crippen LogP contribution in [0, 0.1) is 0 Å². The normalized spacial score (nSPS) is 20.2. The molecule has 0 aromatic carbocycles. The molecular weight excluding hydrogens is 151 g/mol. The van der Waals surface area contributed by atoms with Gasteiger partial charge in [-0.1, -0.05) is 12.8 Å². The van der Waals surface area contributed by atoms with E-state index in [9.17, 15) is 4.79 Å². The van der Waals surface area contributed by atoms with Crippen LogP contribution in [0.3, 0.4) is 0 Å². The van der Waals surface area contributed by atoms with Gasteiger partial charge in [0.1, 0.15) is 5.78 Å². The molecule has 0 amide bonds. The van der Waals surface area contributed by atoms with Crippen LogP contribution in [0.15, 0.2) is 0 Å². The van der Waals surface area contributed by atoms with E-state index in [4.69, 9.17) is 0 Å². The first kappa shape index (κ1) is 9.25. The van der Waals surface area contributed by atoms with Gasteiger partial charge in [0.25, 0.3) is 0 Å². The van der Waals surface area contributed by atoms with Crippen LogP contribution >= 0.6 is 0 Å². The molecular formula is C7H12OV. The molecule has 0 saturated heterocycles. The summed E-state index contributed by atoms with van der Waals surface area (Å²) in [5, 5.41) is 0. The number of carbonyl (C=O) groups is 1. The molecule has 1 radical (unpaired) electrons. The molecule has 1 nitrogen and oxygen atoms in total. The van der Waals surface area contributed by atoms with Crippen LogP contribution in [0.5, 0.6) is 0 Å². The molecule has 0 heterocycles. The molecule has 0 unspecified atom stereocenters. The molecule has 0 spiro atoms. The molecule has 0 aliphatic heterocycles. The average molecular weight is 163 g/mol. The maximum absolute atomic E-state index is 10.7. The van der Waals surface area contributed by atoms with Crippen molar-refractivity contribution in [1.82, 2.24) is 0 Å². The number of ketones is 1. The van der Waals surface area contributed by atoms with Crippen LogP contribution < -0.4 is 0 Å². The fraction of sp³-hybridized carbons (Fsp3) is 0.857. The number of hydrogen-bond donors (Lipinski definition) is 0. The maximum atomic E-state index is 10.7. The minimum Gasteiger partial charge on any atom is -0.300 e. The standard InChI is InChI=1S/C7H12O.V/c8-7-5-3-1-2-4-6-7;/h1-6H2;. The monoisotopic (exact) mass is 163 g/mol. The van der Waals surface area contributed by atoms with Crippen molar-refractivity contribution in [3.63, 3.8) is 0 Å². The van der Waals surface area contributed by atoms with Gasteiger partial charge in [-0.3, -0.25) is 4.79 Å². The summed E-state index contributed by atoms with van der Waals surface area (Å²) in [6.45, 7) is 0. The Morgan fingerprint density at radius 3 is 1.78 bits per heavy atom. The first-order valence-corrected chi connectivity index (χ1v) is 3.41.